The molecule has 1 N–H and O–H groups in total. The molecule has 0 fully saturated rings. The molecule has 0 unspecified atom stereocenters. The van der Waals surface area contributed by atoms with Gasteiger partial charge in [-0.25, -0.2) is 9.98 Å². The molecule has 9 rings (SSSR count). The molecule has 0 aliphatic carbocycles. The Hall–Kier alpha value is -7.43. The van der Waals surface area contributed by atoms with E-state index in [9.17, 15) is 1.37 Å². The van der Waals surface area contributed by atoms with Crippen molar-refractivity contribution < 1.29 is 16.4 Å². The number of aromatic nitrogens is 1. The fourth-order valence-electron chi connectivity index (χ4n) is 6.51. The van der Waals surface area contributed by atoms with Crippen LogP contribution in [0.3, 0.4) is 0 Å². The Labute approximate surface area is 337 Å². The molecule has 9 aromatic rings. The lowest BCUT2D eigenvalue weighted by molar-refractivity contribution is 1.18. The fourth-order valence-corrected chi connectivity index (χ4v) is 6.51. The highest BCUT2D eigenvalue weighted by atomic mass is 15.0. The van der Waals surface area contributed by atoms with Crippen LogP contribution in [-0.4, -0.2) is 22.5 Å². The molecule has 0 aliphatic heterocycles. The van der Waals surface area contributed by atoms with Crippen molar-refractivity contribution in [1.29, 1.82) is 5.41 Å². The summed E-state index contributed by atoms with van der Waals surface area (Å²) in [6.45, 7) is 0. The summed E-state index contributed by atoms with van der Waals surface area (Å²) < 4.78 is 107. The van der Waals surface area contributed by atoms with Crippen LogP contribution in [-0.2, 0) is 0 Å². The Kier molecular flexibility index (Phi) is 6.12. The van der Waals surface area contributed by atoms with Crippen LogP contribution in [0.2, 0.25) is 0 Å². The van der Waals surface area contributed by atoms with Gasteiger partial charge in [0.05, 0.1) is 27.5 Å². The van der Waals surface area contributed by atoms with Crippen LogP contribution in [0.1, 0.15) is 33.1 Å². The van der Waals surface area contributed by atoms with E-state index in [1.54, 1.807) is 36.5 Å². The summed E-state index contributed by atoms with van der Waals surface area (Å²) in [4.78, 5) is 9.49. The van der Waals surface area contributed by atoms with Crippen molar-refractivity contribution in [2.24, 2.45) is 9.98 Å². The van der Waals surface area contributed by atoms with Crippen LogP contribution >= 0.6 is 0 Å². The molecule has 4 heteroatoms. The zero-order valence-electron chi connectivity index (χ0n) is 41.1. The van der Waals surface area contributed by atoms with Gasteiger partial charge in [-0.3, -0.25) is 5.41 Å². The Morgan fingerprint density at radius 1 is 0.527 bits per heavy atom. The standard InChI is InChI=1S/C51H36N4/c52-50(39-17-6-2-7-18-39)54-51(53-35-36-29-31-38(32-30-36)37-15-4-1-5-16-37)43-22-13-20-41(34-43)40-19-12-21-42(33-40)45-26-14-27-47-46-25-10-11-28-48(46)55(49(45)47)44-23-8-3-9-24-44/h1-35,52H/i3D,8D,9D,10D,11D,14D,23D,24D,25D,26D,27D,28D. The van der Waals surface area contributed by atoms with Crippen molar-refractivity contribution in [2.75, 3.05) is 0 Å². The predicted octanol–water partition coefficient (Wildman–Crippen LogP) is 12.7. The molecule has 260 valence electrons. The summed E-state index contributed by atoms with van der Waals surface area (Å²) in [5, 5.41) is 8.55. The summed E-state index contributed by atoms with van der Waals surface area (Å²) in [6, 6.07) is 33.8. The summed E-state index contributed by atoms with van der Waals surface area (Å²) in [5.41, 5.74) is 4.85. The lowest BCUT2D eigenvalue weighted by atomic mass is 9.96. The quantitative estimate of drug-likeness (QED) is 0.126. The minimum Gasteiger partial charge on any atom is -0.309 e. The van der Waals surface area contributed by atoms with Crippen molar-refractivity contribution in [1.82, 2.24) is 4.57 Å². The molecule has 0 bridgehead atoms. The van der Waals surface area contributed by atoms with Gasteiger partial charge in [0, 0.05) is 39.4 Å². The van der Waals surface area contributed by atoms with E-state index in [1.807, 2.05) is 103 Å². The first kappa shape index (κ1) is 22.6. The third kappa shape index (κ3) is 6.81. The van der Waals surface area contributed by atoms with Crippen LogP contribution < -0.4 is 0 Å². The van der Waals surface area contributed by atoms with E-state index < -0.39 is 78.2 Å². The summed E-state index contributed by atoms with van der Waals surface area (Å²) in [7, 11) is 0. The summed E-state index contributed by atoms with van der Waals surface area (Å²) in [6.07, 6.45) is 1.68. The molecule has 4 nitrogen and oxygen atoms in total. The normalized spacial score (nSPS) is 14.8. The number of fused-ring (bicyclic) bond motifs is 3. The van der Waals surface area contributed by atoms with E-state index in [-0.39, 0.29) is 39.0 Å². The second kappa shape index (κ2) is 14.9. The predicted molar refractivity (Wildman–Crippen MR) is 231 cm³/mol. The van der Waals surface area contributed by atoms with E-state index in [0.717, 1.165) is 21.3 Å². The average Bonchev–Trinajstić information content (AvgIpc) is 3.70. The maximum absolute atomic E-state index is 9.34. The average molecular weight is 717 g/mol. The van der Waals surface area contributed by atoms with Gasteiger partial charge in [-0.15, -0.1) is 0 Å². The highest BCUT2D eigenvalue weighted by Gasteiger charge is 2.17. The van der Waals surface area contributed by atoms with Crippen LogP contribution in [0.25, 0.3) is 60.9 Å². The van der Waals surface area contributed by atoms with Crippen molar-refractivity contribution >= 4 is 39.7 Å². The molecule has 0 spiro atoms. The van der Waals surface area contributed by atoms with Gasteiger partial charge in [0.15, 0.2) is 11.7 Å². The molecule has 0 atom stereocenters. The lowest BCUT2D eigenvalue weighted by Crippen LogP contribution is -2.05. The molecule has 55 heavy (non-hydrogen) atoms. The maximum atomic E-state index is 9.34. The van der Waals surface area contributed by atoms with Crippen molar-refractivity contribution in [3.8, 4) is 39.1 Å². The summed E-state index contributed by atoms with van der Waals surface area (Å²) in [5.74, 6) is 0.244. The molecule has 8 aromatic carbocycles. The van der Waals surface area contributed by atoms with Gasteiger partial charge in [-0.1, -0.05) is 176 Å². The molecule has 0 saturated heterocycles. The monoisotopic (exact) mass is 716 g/mol. The van der Waals surface area contributed by atoms with Crippen molar-refractivity contribution in [3.63, 3.8) is 0 Å². The number of nitrogens with one attached hydrogen (secondary N) is 1. The Morgan fingerprint density at radius 3 is 1.95 bits per heavy atom. The number of aliphatic imine (C=N–C) groups is 2. The topological polar surface area (TPSA) is 53.5 Å². The SMILES string of the molecule is [2H]c1c([2H])c([2H])c(-n2c3c([2H])c([2H])c([2H])c([2H])c3c3c([2H])c([2H])c([2H])c(-c4cccc(-c5cccc(C(N=Cc6ccc(-c7ccccc7)cc6)=NC(=N)c6ccccc6)c5)c4)c32)c([2H])c1[2H]. The third-order valence-electron chi connectivity index (χ3n) is 9.15. The summed E-state index contributed by atoms with van der Waals surface area (Å²) >= 11 is 0. The number of hydrogen-bond acceptors (Lipinski definition) is 1. The highest BCUT2D eigenvalue weighted by molar-refractivity contribution is 6.15. The number of amidine groups is 2. The van der Waals surface area contributed by atoms with Crippen molar-refractivity contribution in [2.45, 2.75) is 0 Å². The molecular weight excluding hydrogens is 669 g/mol. The van der Waals surface area contributed by atoms with Gasteiger partial charge < -0.3 is 4.57 Å². The molecule has 0 saturated carbocycles. The number of para-hydroxylation sites is 3. The lowest BCUT2D eigenvalue weighted by Gasteiger charge is -2.13. The molecule has 1 heterocycles. The van der Waals surface area contributed by atoms with E-state index in [1.165, 1.54) is 0 Å². The molecule has 0 radical (unpaired) electrons. The third-order valence-corrected chi connectivity index (χ3v) is 9.15. The smallest absolute Gasteiger partial charge is 0.161 e. The second-order valence-corrected chi connectivity index (χ2v) is 12.6. The highest BCUT2D eigenvalue weighted by Crippen LogP contribution is 2.39. The van der Waals surface area contributed by atoms with Gasteiger partial charge >= 0.3 is 0 Å². The van der Waals surface area contributed by atoms with E-state index in [4.69, 9.17) is 25.5 Å². The van der Waals surface area contributed by atoms with E-state index in [2.05, 4.69) is 4.99 Å². The molecule has 1 aromatic heterocycles. The molecular formula is C51H36N4. The number of nitrogens with zero attached hydrogens (tertiary/aromatic N) is 3. The van der Waals surface area contributed by atoms with Crippen LogP contribution in [0, 0.1) is 5.41 Å². The van der Waals surface area contributed by atoms with Gasteiger partial charge in [-0.05, 0) is 63.6 Å². The Bertz CT molecular complexity index is 3520. The zero-order chi connectivity index (χ0) is 47.4. The van der Waals surface area contributed by atoms with Gasteiger partial charge in [-0.2, -0.15) is 0 Å². The Morgan fingerprint density at radius 2 is 1.15 bits per heavy atom. The number of rotatable bonds is 7. The van der Waals surface area contributed by atoms with Gasteiger partial charge in [0.2, 0.25) is 0 Å². The van der Waals surface area contributed by atoms with Gasteiger partial charge in [0.1, 0.15) is 0 Å². The minimum absolute atomic E-state index is 0.00433. The van der Waals surface area contributed by atoms with Crippen LogP contribution in [0.4, 0.5) is 0 Å². The van der Waals surface area contributed by atoms with Gasteiger partial charge in [0.25, 0.3) is 0 Å². The molecule has 0 aliphatic rings. The first-order chi connectivity index (χ1) is 32.2. The number of benzene rings is 8. The van der Waals surface area contributed by atoms with Crippen LogP contribution in [0.5, 0.6) is 0 Å². The second-order valence-electron chi connectivity index (χ2n) is 12.6. The Balaban J connectivity index is 1.23. The zero-order valence-corrected chi connectivity index (χ0v) is 29.1. The number of hydrogen-bond donors (Lipinski definition) is 1. The van der Waals surface area contributed by atoms with Crippen molar-refractivity contribution in [3.05, 3.63) is 223 Å². The van der Waals surface area contributed by atoms with Crippen LogP contribution in [0.15, 0.2) is 216 Å². The minimum atomic E-state index is -0.698. The molecule has 0 amide bonds. The van der Waals surface area contributed by atoms with E-state index in [0.29, 0.717) is 27.8 Å². The first-order valence-electron chi connectivity index (χ1n) is 23.4. The maximum Gasteiger partial charge on any atom is 0.161 e. The fraction of sp³-hybridized carbons (Fsp3) is 0. The van der Waals surface area contributed by atoms with E-state index >= 15 is 0 Å². The largest absolute Gasteiger partial charge is 0.309 e. The first-order valence-corrected chi connectivity index (χ1v) is 17.4.